The Morgan fingerprint density at radius 1 is 0.717 bits per heavy atom. The maximum Gasteiger partial charge on any atom is 0.310 e. The van der Waals surface area contributed by atoms with Gasteiger partial charge in [-0.25, -0.2) is 0 Å². The minimum atomic E-state index is -0.180. The zero-order chi connectivity index (χ0) is 38.0. The van der Waals surface area contributed by atoms with Gasteiger partial charge in [-0.2, -0.15) is 0 Å². The van der Waals surface area contributed by atoms with Crippen molar-refractivity contribution in [3.8, 4) is 11.1 Å². The third kappa shape index (κ3) is 13.8. The molecule has 0 saturated carbocycles. The number of amides is 3. The lowest BCUT2D eigenvalue weighted by molar-refractivity contribution is -0.150. The number of piperidine rings is 1. The van der Waals surface area contributed by atoms with Crippen molar-refractivity contribution < 1.29 is 23.9 Å². The number of likely N-dealkylation sites (tertiary alicyclic amines) is 1. The molecule has 0 spiro atoms. The van der Waals surface area contributed by atoms with Crippen LogP contribution in [0.3, 0.4) is 0 Å². The predicted octanol–water partition coefficient (Wildman–Crippen LogP) is 6.89. The predicted molar refractivity (Wildman–Crippen MR) is 212 cm³/mol. The van der Waals surface area contributed by atoms with Crippen molar-refractivity contribution >= 4 is 23.7 Å². The minimum Gasteiger partial charge on any atom is -0.462 e. The molecule has 9 heteroatoms. The van der Waals surface area contributed by atoms with Gasteiger partial charge in [-0.05, 0) is 72.9 Å². The van der Waals surface area contributed by atoms with Gasteiger partial charge in [0.15, 0.2) is 0 Å². The van der Waals surface area contributed by atoms with Crippen molar-refractivity contribution in [2.75, 3.05) is 60.4 Å². The summed E-state index contributed by atoms with van der Waals surface area (Å²) in [4.78, 5) is 58.0. The number of hydrogen-bond acceptors (Lipinski definition) is 6. The molecule has 3 amide bonds. The van der Waals surface area contributed by atoms with Crippen LogP contribution in [0.2, 0.25) is 0 Å². The Hall–Kier alpha value is -4.50. The van der Waals surface area contributed by atoms with Crippen LogP contribution in [0.4, 0.5) is 0 Å². The molecular formula is C44H60N4O5. The number of ether oxygens (including phenoxy) is 1. The van der Waals surface area contributed by atoms with Gasteiger partial charge in [0.25, 0.3) is 5.91 Å². The lowest BCUT2D eigenvalue weighted by atomic mass is 9.98. The van der Waals surface area contributed by atoms with Gasteiger partial charge in [-0.1, -0.05) is 86.5 Å². The van der Waals surface area contributed by atoms with Crippen molar-refractivity contribution in [3.05, 3.63) is 95.6 Å². The summed E-state index contributed by atoms with van der Waals surface area (Å²) in [7, 11) is 5.51. The summed E-state index contributed by atoms with van der Waals surface area (Å²) in [5, 5.41) is 0. The molecule has 3 aromatic rings. The first kappa shape index (κ1) is 41.3. The zero-order valence-electron chi connectivity index (χ0n) is 32.4. The molecule has 4 rings (SSSR count). The average molecular weight is 725 g/mol. The van der Waals surface area contributed by atoms with Crippen LogP contribution >= 0.6 is 0 Å². The largest absolute Gasteiger partial charge is 0.462 e. The minimum absolute atomic E-state index is 0.00133. The summed E-state index contributed by atoms with van der Waals surface area (Å²) >= 11 is 0. The molecule has 1 fully saturated rings. The molecule has 0 atom stereocenters. The number of carbonyl (C=O) groups excluding carboxylic acids is 4. The molecule has 3 aromatic carbocycles. The Morgan fingerprint density at radius 3 is 2.15 bits per heavy atom. The third-order valence-corrected chi connectivity index (χ3v) is 10.3. The highest BCUT2D eigenvalue weighted by Gasteiger charge is 2.23. The van der Waals surface area contributed by atoms with Gasteiger partial charge in [-0.15, -0.1) is 0 Å². The summed E-state index contributed by atoms with van der Waals surface area (Å²) in [5.41, 5.74) is 4.99. The molecule has 1 saturated heterocycles. The summed E-state index contributed by atoms with van der Waals surface area (Å²) in [6.07, 6.45) is 8.43. The summed E-state index contributed by atoms with van der Waals surface area (Å²) in [6, 6.07) is 26.0. The quantitative estimate of drug-likeness (QED) is 0.0933. The van der Waals surface area contributed by atoms with Crippen molar-refractivity contribution in [2.24, 2.45) is 0 Å². The standard InChI is InChI=1S/C44H60N4O5/c1-5-41(49)45(2)27-16-28-47(4)44(52)38-22-15-18-35(33-38)17-9-6-7-12-24-42(50)46(3)31-32-48-29-25-39(26-30-48)53-43(51)34-37-21-13-14-23-40(37)36-19-10-8-11-20-36/h8,10-11,13-15,18-23,33,39H,5-7,9,12,16-17,24-32,34H2,1-4H3. The highest BCUT2D eigenvalue weighted by Crippen LogP contribution is 2.25. The van der Waals surface area contributed by atoms with E-state index in [0.29, 0.717) is 38.0 Å². The lowest BCUT2D eigenvalue weighted by Crippen LogP contribution is -2.42. The first-order chi connectivity index (χ1) is 25.6. The van der Waals surface area contributed by atoms with E-state index in [-0.39, 0.29) is 36.2 Å². The second kappa shape index (κ2) is 21.9. The molecule has 53 heavy (non-hydrogen) atoms. The van der Waals surface area contributed by atoms with E-state index in [9.17, 15) is 19.2 Å². The molecule has 0 radical (unpaired) electrons. The van der Waals surface area contributed by atoms with E-state index in [4.69, 9.17) is 4.74 Å². The normalized spacial score (nSPS) is 13.4. The van der Waals surface area contributed by atoms with Crippen molar-refractivity contribution in [1.29, 1.82) is 0 Å². The van der Waals surface area contributed by atoms with E-state index in [0.717, 1.165) is 93.3 Å². The van der Waals surface area contributed by atoms with E-state index >= 15 is 0 Å². The molecule has 0 unspecified atom stereocenters. The molecule has 1 aliphatic heterocycles. The Bertz CT molecular complexity index is 1600. The van der Waals surface area contributed by atoms with Crippen molar-refractivity contribution in [3.63, 3.8) is 0 Å². The third-order valence-electron chi connectivity index (χ3n) is 10.3. The van der Waals surface area contributed by atoms with Gasteiger partial charge in [0.2, 0.25) is 11.8 Å². The SMILES string of the molecule is CCC(=O)N(C)CCCN(C)C(=O)c1cccc(CCCCCCC(=O)N(C)CCN2CCC(OC(=O)Cc3ccccc3-c3ccccc3)CC2)c1. The number of carbonyl (C=O) groups is 4. The number of benzene rings is 3. The molecule has 0 N–H and O–H groups in total. The Labute approximate surface area is 317 Å². The van der Waals surface area contributed by atoms with E-state index in [1.165, 1.54) is 0 Å². The Kier molecular flexibility index (Phi) is 17.0. The molecule has 0 aliphatic carbocycles. The molecule has 9 nitrogen and oxygen atoms in total. The fraction of sp³-hybridized carbons (Fsp3) is 0.500. The smallest absolute Gasteiger partial charge is 0.310 e. The van der Waals surface area contributed by atoms with E-state index in [1.807, 2.05) is 80.5 Å². The van der Waals surface area contributed by atoms with Gasteiger partial charge in [0.1, 0.15) is 6.10 Å². The average Bonchev–Trinajstić information content (AvgIpc) is 3.18. The Balaban J connectivity index is 1.05. The van der Waals surface area contributed by atoms with Crippen LogP contribution in [0.15, 0.2) is 78.9 Å². The summed E-state index contributed by atoms with van der Waals surface area (Å²) in [6.45, 7) is 6.32. The van der Waals surface area contributed by atoms with Crippen LogP contribution in [0.5, 0.6) is 0 Å². The number of likely N-dealkylation sites (N-methyl/N-ethyl adjacent to an activating group) is 1. The van der Waals surface area contributed by atoms with E-state index in [2.05, 4.69) is 29.2 Å². The Morgan fingerprint density at radius 2 is 1.40 bits per heavy atom. The van der Waals surface area contributed by atoms with Crippen LogP contribution in [0.1, 0.15) is 86.2 Å². The summed E-state index contributed by atoms with van der Waals surface area (Å²) in [5.74, 6) is 0.121. The van der Waals surface area contributed by atoms with Gasteiger partial charge >= 0.3 is 5.97 Å². The molecule has 1 heterocycles. The maximum atomic E-state index is 13.0. The van der Waals surface area contributed by atoms with Gasteiger partial charge in [0, 0.05) is 78.8 Å². The van der Waals surface area contributed by atoms with Crippen LogP contribution in [-0.4, -0.2) is 110 Å². The number of unbranched alkanes of at least 4 members (excludes halogenated alkanes) is 3. The van der Waals surface area contributed by atoms with Crippen LogP contribution in [0.25, 0.3) is 11.1 Å². The second-order valence-corrected chi connectivity index (χ2v) is 14.4. The fourth-order valence-electron chi connectivity index (χ4n) is 6.89. The zero-order valence-corrected chi connectivity index (χ0v) is 32.4. The second-order valence-electron chi connectivity index (χ2n) is 14.4. The molecule has 1 aliphatic rings. The van der Waals surface area contributed by atoms with Crippen molar-refractivity contribution in [2.45, 2.75) is 83.7 Å². The molecule has 0 aromatic heterocycles. The molecular weight excluding hydrogens is 665 g/mol. The number of nitrogens with zero attached hydrogens (tertiary/aromatic N) is 4. The van der Waals surface area contributed by atoms with Crippen molar-refractivity contribution in [1.82, 2.24) is 19.6 Å². The van der Waals surface area contributed by atoms with E-state index < -0.39 is 0 Å². The maximum absolute atomic E-state index is 13.0. The lowest BCUT2D eigenvalue weighted by Gasteiger charge is -2.32. The van der Waals surface area contributed by atoms with Gasteiger partial charge < -0.3 is 24.3 Å². The summed E-state index contributed by atoms with van der Waals surface area (Å²) < 4.78 is 5.89. The number of hydrogen-bond donors (Lipinski definition) is 0. The van der Waals surface area contributed by atoms with Crippen LogP contribution in [0, 0.1) is 0 Å². The first-order valence-corrected chi connectivity index (χ1v) is 19.5. The molecule has 0 bridgehead atoms. The highest BCUT2D eigenvalue weighted by molar-refractivity contribution is 5.94. The fourth-order valence-corrected chi connectivity index (χ4v) is 6.89. The van der Waals surface area contributed by atoms with Gasteiger partial charge in [0.05, 0.1) is 6.42 Å². The van der Waals surface area contributed by atoms with E-state index in [1.54, 1.807) is 16.8 Å². The van der Waals surface area contributed by atoms with Gasteiger partial charge in [-0.3, -0.25) is 19.2 Å². The monoisotopic (exact) mass is 724 g/mol. The first-order valence-electron chi connectivity index (χ1n) is 19.5. The topological polar surface area (TPSA) is 90.5 Å². The highest BCUT2D eigenvalue weighted by atomic mass is 16.5. The van der Waals surface area contributed by atoms with Crippen LogP contribution in [-0.2, 0) is 32.0 Å². The van der Waals surface area contributed by atoms with Crippen LogP contribution < -0.4 is 0 Å². The molecule has 286 valence electrons. The number of rotatable bonds is 20. The number of aryl methyl sites for hydroxylation is 1. The number of esters is 1.